The molecule has 1 atom stereocenters. The summed E-state index contributed by atoms with van der Waals surface area (Å²) in [4.78, 5) is 0. The molecule has 17 heavy (non-hydrogen) atoms. The molecule has 1 heterocycles. The third-order valence-electron chi connectivity index (χ3n) is 2.61. The highest BCUT2D eigenvalue weighted by molar-refractivity contribution is 5.33. The summed E-state index contributed by atoms with van der Waals surface area (Å²) in [5, 5.41) is 0. The zero-order valence-corrected chi connectivity index (χ0v) is 9.01. The van der Waals surface area contributed by atoms with Crippen molar-refractivity contribution in [2.24, 2.45) is 5.73 Å². The summed E-state index contributed by atoms with van der Waals surface area (Å²) < 4.78 is 44.3. The fourth-order valence-corrected chi connectivity index (χ4v) is 1.66. The Labute approximate surface area is 95.8 Å². The summed E-state index contributed by atoms with van der Waals surface area (Å²) >= 11 is 0. The summed E-state index contributed by atoms with van der Waals surface area (Å²) in [5.74, 6) is -2.72. The molecule has 2 rings (SSSR count). The second kappa shape index (κ2) is 4.25. The molecule has 0 radical (unpaired) electrons. The topological polar surface area (TPSA) is 39.2 Å². The van der Waals surface area contributed by atoms with Crippen LogP contribution in [-0.4, -0.2) is 0 Å². The monoisotopic (exact) mass is 241 g/mol. The standard InChI is InChI=1S/C12H10F3NO/c1-6-7(2-3-17-6)12(16)8-4-10(14)11(15)5-9(8)13/h2-5,12H,16H2,1H3. The number of furan rings is 1. The first-order chi connectivity index (χ1) is 8.00. The lowest BCUT2D eigenvalue weighted by Gasteiger charge is -2.12. The summed E-state index contributed by atoms with van der Waals surface area (Å²) in [7, 11) is 0. The zero-order chi connectivity index (χ0) is 12.6. The normalized spacial score (nSPS) is 12.8. The van der Waals surface area contributed by atoms with Crippen molar-refractivity contribution in [2.75, 3.05) is 0 Å². The highest BCUT2D eigenvalue weighted by atomic mass is 19.2. The summed E-state index contributed by atoms with van der Waals surface area (Å²) in [6.45, 7) is 1.66. The molecule has 1 aromatic carbocycles. The lowest BCUT2D eigenvalue weighted by atomic mass is 9.99. The van der Waals surface area contributed by atoms with E-state index in [0.29, 0.717) is 17.4 Å². The summed E-state index contributed by atoms with van der Waals surface area (Å²) in [6.07, 6.45) is 1.41. The summed E-state index contributed by atoms with van der Waals surface area (Å²) in [6, 6.07) is 1.94. The zero-order valence-electron chi connectivity index (χ0n) is 9.01. The molecule has 0 saturated heterocycles. The number of hydrogen-bond donors (Lipinski definition) is 1. The molecular formula is C12H10F3NO. The van der Waals surface area contributed by atoms with Gasteiger partial charge in [0.1, 0.15) is 11.6 Å². The highest BCUT2D eigenvalue weighted by Gasteiger charge is 2.19. The second-order valence-corrected chi connectivity index (χ2v) is 3.70. The van der Waals surface area contributed by atoms with Crippen LogP contribution < -0.4 is 5.73 Å². The average molecular weight is 241 g/mol. The highest BCUT2D eigenvalue weighted by Crippen LogP contribution is 2.26. The van der Waals surface area contributed by atoms with E-state index in [0.717, 1.165) is 6.07 Å². The molecule has 90 valence electrons. The molecule has 0 saturated carbocycles. The molecule has 1 unspecified atom stereocenters. The van der Waals surface area contributed by atoms with Gasteiger partial charge in [0.05, 0.1) is 12.3 Å². The molecule has 0 bridgehead atoms. The van der Waals surface area contributed by atoms with Crippen LogP contribution in [0.25, 0.3) is 0 Å². The van der Waals surface area contributed by atoms with Crippen LogP contribution in [0.4, 0.5) is 13.2 Å². The van der Waals surface area contributed by atoms with Gasteiger partial charge in [0.25, 0.3) is 0 Å². The van der Waals surface area contributed by atoms with Crippen LogP contribution >= 0.6 is 0 Å². The molecular weight excluding hydrogens is 231 g/mol. The van der Waals surface area contributed by atoms with E-state index in [1.54, 1.807) is 13.0 Å². The molecule has 0 aliphatic heterocycles. The minimum absolute atomic E-state index is 0.103. The van der Waals surface area contributed by atoms with Crippen molar-refractivity contribution in [3.05, 3.63) is 58.8 Å². The first kappa shape index (κ1) is 11.7. The van der Waals surface area contributed by atoms with E-state index < -0.39 is 23.5 Å². The van der Waals surface area contributed by atoms with Gasteiger partial charge in [-0.3, -0.25) is 0 Å². The molecule has 2 aromatic rings. The third-order valence-corrected chi connectivity index (χ3v) is 2.61. The van der Waals surface area contributed by atoms with Crippen molar-refractivity contribution >= 4 is 0 Å². The Hall–Kier alpha value is -1.75. The predicted molar refractivity (Wildman–Crippen MR) is 55.8 cm³/mol. The molecule has 0 aliphatic carbocycles. The van der Waals surface area contributed by atoms with Gasteiger partial charge in [0, 0.05) is 17.2 Å². The van der Waals surface area contributed by atoms with Crippen molar-refractivity contribution in [1.29, 1.82) is 0 Å². The molecule has 0 amide bonds. The van der Waals surface area contributed by atoms with E-state index in [2.05, 4.69) is 0 Å². The van der Waals surface area contributed by atoms with E-state index in [4.69, 9.17) is 10.2 Å². The maximum atomic E-state index is 13.5. The van der Waals surface area contributed by atoms with Crippen LogP contribution in [0.3, 0.4) is 0 Å². The van der Waals surface area contributed by atoms with Crippen molar-refractivity contribution in [3.8, 4) is 0 Å². The second-order valence-electron chi connectivity index (χ2n) is 3.70. The van der Waals surface area contributed by atoms with Crippen LogP contribution in [0.15, 0.2) is 28.9 Å². The minimum atomic E-state index is -1.23. The number of nitrogens with two attached hydrogens (primary N) is 1. The van der Waals surface area contributed by atoms with E-state index in [-0.39, 0.29) is 5.56 Å². The first-order valence-corrected chi connectivity index (χ1v) is 4.94. The fourth-order valence-electron chi connectivity index (χ4n) is 1.66. The van der Waals surface area contributed by atoms with Crippen molar-refractivity contribution < 1.29 is 17.6 Å². The molecule has 0 spiro atoms. The van der Waals surface area contributed by atoms with Gasteiger partial charge in [0.2, 0.25) is 0 Å². The Morgan fingerprint density at radius 3 is 2.29 bits per heavy atom. The smallest absolute Gasteiger partial charge is 0.161 e. The lowest BCUT2D eigenvalue weighted by molar-refractivity contribution is 0.486. The quantitative estimate of drug-likeness (QED) is 0.821. The van der Waals surface area contributed by atoms with E-state index in [1.165, 1.54) is 6.26 Å². The molecule has 5 heteroatoms. The van der Waals surface area contributed by atoms with E-state index in [1.807, 2.05) is 0 Å². The molecule has 2 nitrogen and oxygen atoms in total. The van der Waals surface area contributed by atoms with E-state index >= 15 is 0 Å². The number of benzene rings is 1. The summed E-state index contributed by atoms with van der Waals surface area (Å²) in [5.41, 5.74) is 6.23. The third kappa shape index (κ3) is 2.06. The number of hydrogen-bond acceptors (Lipinski definition) is 2. The molecule has 2 N–H and O–H groups in total. The average Bonchev–Trinajstić information content (AvgIpc) is 2.69. The number of aryl methyl sites for hydroxylation is 1. The van der Waals surface area contributed by atoms with E-state index in [9.17, 15) is 13.2 Å². The Balaban J connectivity index is 2.48. The van der Waals surface area contributed by atoms with Gasteiger partial charge in [-0.1, -0.05) is 0 Å². The first-order valence-electron chi connectivity index (χ1n) is 4.94. The number of halogens is 3. The Kier molecular flexibility index (Phi) is 2.93. The minimum Gasteiger partial charge on any atom is -0.469 e. The van der Waals surface area contributed by atoms with Crippen LogP contribution in [0, 0.1) is 24.4 Å². The Morgan fingerprint density at radius 2 is 1.71 bits per heavy atom. The van der Waals surface area contributed by atoms with Gasteiger partial charge in [-0.25, -0.2) is 13.2 Å². The fraction of sp³-hybridized carbons (Fsp3) is 0.167. The van der Waals surface area contributed by atoms with Gasteiger partial charge >= 0.3 is 0 Å². The maximum Gasteiger partial charge on any atom is 0.161 e. The van der Waals surface area contributed by atoms with Gasteiger partial charge < -0.3 is 10.2 Å². The maximum absolute atomic E-state index is 13.5. The number of rotatable bonds is 2. The molecule has 0 aliphatic rings. The Bertz CT molecular complexity index is 551. The van der Waals surface area contributed by atoms with Crippen molar-refractivity contribution in [2.45, 2.75) is 13.0 Å². The predicted octanol–water partition coefficient (Wildman–Crippen LogP) is 3.05. The molecule has 0 fully saturated rings. The SMILES string of the molecule is Cc1occc1C(N)c1cc(F)c(F)cc1F. The van der Waals surface area contributed by atoms with Gasteiger partial charge in [0.15, 0.2) is 11.6 Å². The van der Waals surface area contributed by atoms with Crippen LogP contribution in [0.2, 0.25) is 0 Å². The van der Waals surface area contributed by atoms with Crippen LogP contribution in [0.1, 0.15) is 22.9 Å². The van der Waals surface area contributed by atoms with Gasteiger partial charge in [-0.15, -0.1) is 0 Å². The van der Waals surface area contributed by atoms with Crippen LogP contribution in [0.5, 0.6) is 0 Å². The van der Waals surface area contributed by atoms with Gasteiger partial charge in [-0.05, 0) is 19.1 Å². The lowest BCUT2D eigenvalue weighted by Crippen LogP contribution is -2.14. The van der Waals surface area contributed by atoms with Crippen LogP contribution in [-0.2, 0) is 0 Å². The Morgan fingerprint density at radius 1 is 1.06 bits per heavy atom. The molecule has 1 aromatic heterocycles. The largest absolute Gasteiger partial charge is 0.469 e. The van der Waals surface area contributed by atoms with Crippen molar-refractivity contribution in [3.63, 3.8) is 0 Å². The van der Waals surface area contributed by atoms with Crippen molar-refractivity contribution in [1.82, 2.24) is 0 Å². The van der Waals surface area contributed by atoms with Gasteiger partial charge in [-0.2, -0.15) is 0 Å².